The summed E-state index contributed by atoms with van der Waals surface area (Å²) >= 11 is 0. The normalized spacial score (nSPS) is 12.6. The summed E-state index contributed by atoms with van der Waals surface area (Å²) in [5.41, 5.74) is 5.44. The Labute approximate surface area is 112 Å². The number of rotatable bonds is 13. The lowest BCUT2D eigenvalue weighted by molar-refractivity contribution is -0.138. The van der Waals surface area contributed by atoms with Crippen LogP contribution in [0.4, 0.5) is 0 Å². The molecule has 0 aromatic heterocycles. The van der Waals surface area contributed by atoms with E-state index in [2.05, 4.69) is 6.92 Å². The first-order chi connectivity index (χ1) is 8.68. The van der Waals surface area contributed by atoms with Crippen LogP contribution in [-0.4, -0.2) is 17.1 Å². The highest BCUT2D eigenvalue weighted by Crippen LogP contribution is 2.12. The van der Waals surface area contributed by atoms with Gasteiger partial charge in [0.1, 0.15) is 6.04 Å². The fourth-order valence-electron chi connectivity index (χ4n) is 2.15. The Morgan fingerprint density at radius 1 is 0.889 bits per heavy atom. The quantitative estimate of drug-likeness (QED) is 0.488. The van der Waals surface area contributed by atoms with E-state index in [-0.39, 0.29) is 0 Å². The molecule has 108 valence electrons. The van der Waals surface area contributed by atoms with Crippen LogP contribution in [0.3, 0.4) is 0 Å². The summed E-state index contributed by atoms with van der Waals surface area (Å²) in [5, 5.41) is 8.62. The summed E-state index contributed by atoms with van der Waals surface area (Å²) in [6, 6.07) is -0.663. The number of nitrogens with two attached hydrogens (primary N) is 1. The third-order valence-corrected chi connectivity index (χ3v) is 3.44. The average Bonchev–Trinajstić information content (AvgIpc) is 2.35. The minimum atomic E-state index is -0.873. The fourth-order valence-corrected chi connectivity index (χ4v) is 2.15. The zero-order valence-electron chi connectivity index (χ0n) is 12.0. The monoisotopic (exact) mass is 257 g/mol. The highest BCUT2D eigenvalue weighted by Gasteiger charge is 2.09. The standard InChI is InChI=1S/C15H31NO2/c1-2-3-4-5-6-7-8-9-10-11-12-13-14(16)15(17)18/h14H,2-13,16H2,1H3,(H,17,18)/t14-/m0/s1. The van der Waals surface area contributed by atoms with Crippen LogP contribution in [0.25, 0.3) is 0 Å². The highest BCUT2D eigenvalue weighted by molar-refractivity contribution is 5.72. The zero-order chi connectivity index (χ0) is 13.6. The van der Waals surface area contributed by atoms with E-state index in [4.69, 9.17) is 10.8 Å². The molecule has 0 spiro atoms. The Kier molecular flexibility index (Phi) is 12.5. The van der Waals surface area contributed by atoms with Gasteiger partial charge in [-0.1, -0.05) is 77.6 Å². The molecule has 0 heterocycles. The van der Waals surface area contributed by atoms with Crippen molar-refractivity contribution < 1.29 is 9.90 Å². The van der Waals surface area contributed by atoms with Gasteiger partial charge in [-0.2, -0.15) is 0 Å². The Hall–Kier alpha value is -0.570. The second kappa shape index (κ2) is 12.9. The Balaban J connectivity index is 3.05. The van der Waals surface area contributed by atoms with Crippen LogP contribution in [0.2, 0.25) is 0 Å². The maximum absolute atomic E-state index is 10.5. The number of unbranched alkanes of at least 4 members (excludes halogenated alkanes) is 10. The molecule has 0 aliphatic rings. The van der Waals surface area contributed by atoms with Crippen molar-refractivity contribution in [3.63, 3.8) is 0 Å². The van der Waals surface area contributed by atoms with E-state index in [0.717, 1.165) is 12.8 Å². The molecule has 0 saturated carbocycles. The molecule has 3 N–H and O–H groups in total. The molecule has 0 amide bonds. The molecule has 0 aliphatic heterocycles. The van der Waals surface area contributed by atoms with Crippen LogP contribution in [0.1, 0.15) is 84.0 Å². The van der Waals surface area contributed by atoms with Gasteiger partial charge in [-0.3, -0.25) is 4.79 Å². The van der Waals surface area contributed by atoms with Gasteiger partial charge < -0.3 is 10.8 Å². The maximum atomic E-state index is 10.5. The van der Waals surface area contributed by atoms with E-state index in [0.29, 0.717) is 6.42 Å². The lowest BCUT2D eigenvalue weighted by Gasteiger charge is -2.05. The number of carboxylic acids is 1. The molecular formula is C15H31NO2. The summed E-state index contributed by atoms with van der Waals surface area (Å²) < 4.78 is 0. The highest BCUT2D eigenvalue weighted by atomic mass is 16.4. The van der Waals surface area contributed by atoms with Crippen molar-refractivity contribution in [1.29, 1.82) is 0 Å². The third-order valence-electron chi connectivity index (χ3n) is 3.44. The molecule has 0 aromatic rings. The molecule has 0 aromatic carbocycles. The largest absolute Gasteiger partial charge is 0.480 e. The Morgan fingerprint density at radius 3 is 1.67 bits per heavy atom. The van der Waals surface area contributed by atoms with Crippen LogP contribution >= 0.6 is 0 Å². The first-order valence-electron chi connectivity index (χ1n) is 7.67. The van der Waals surface area contributed by atoms with E-state index in [1.165, 1.54) is 57.8 Å². The van der Waals surface area contributed by atoms with Gasteiger partial charge in [0.05, 0.1) is 0 Å². The van der Waals surface area contributed by atoms with Crippen molar-refractivity contribution in [3.8, 4) is 0 Å². The molecule has 0 aliphatic carbocycles. The summed E-state index contributed by atoms with van der Waals surface area (Å²) in [6.45, 7) is 2.25. The fraction of sp³-hybridized carbons (Fsp3) is 0.933. The Bertz CT molecular complexity index is 195. The number of hydrogen-bond acceptors (Lipinski definition) is 2. The minimum absolute atomic E-state index is 0.617. The van der Waals surface area contributed by atoms with Crippen LogP contribution in [0.15, 0.2) is 0 Å². The summed E-state index contributed by atoms with van der Waals surface area (Å²) in [5.74, 6) is -0.873. The first kappa shape index (κ1) is 17.4. The predicted octanol–water partition coefficient (Wildman–Crippen LogP) is 4.10. The zero-order valence-corrected chi connectivity index (χ0v) is 12.0. The molecule has 0 bridgehead atoms. The predicted molar refractivity (Wildman–Crippen MR) is 76.7 cm³/mol. The van der Waals surface area contributed by atoms with Crippen LogP contribution in [0, 0.1) is 0 Å². The van der Waals surface area contributed by atoms with E-state index in [1.807, 2.05) is 0 Å². The third kappa shape index (κ3) is 11.9. The number of carboxylic acid groups (broad SMARTS) is 1. The molecule has 1 atom stereocenters. The molecular weight excluding hydrogens is 226 g/mol. The SMILES string of the molecule is CCCCCCCCCCCCC[C@H](N)C(=O)O. The summed E-state index contributed by atoms with van der Waals surface area (Å²) in [6.07, 6.45) is 14.7. The van der Waals surface area contributed by atoms with Gasteiger partial charge in [0.2, 0.25) is 0 Å². The van der Waals surface area contributed by atoms with Gasteiger partial charge in [-0.25, -0.2) is 0 Å². The molecule has 0 rings (SSSR count). The van der Waals surface area contributed by atoms with Crippen LogP contribution in [-0.2, 0) is 4.79 Å². The molecule has 0 fully saturated rings. The average molecular weight is 257 g/mol. The van der Waals surface area contributed by atoms with E-state index < -0.39 is 12.0 Å². The summed E-state index contributed by atoms with van der Waals surface area (Å²) in [7, 11) is 0. The van der Waals surface area contributed by atoms with E-state index in [9.17, 15) is 4.79 Å². The number of aliphatic carboxylic acids is 1. The van der Waals surface area contributed by atoms with Gasteiger partial charge in [0.25, 0.3) is 0 Å². The van der Waals surface area contributed by atoms with Crippen molar-refractivity contribution >= 4 is 5.97 Å². The maximum Gasteiger partial charge on any atom is 0.320 e. The van der Waals surface area contributed by atoms with Crippen molar-refractivity contribution in [2.45, 2.75) is 90.0 Å². The van der Waals surface area contributed by atoms with Crippen molar-refractivity contribution in [2.24, 2.45) is 5.73 Å². The smallest absolute Gasteiger partial charge is 0.320 e. The lowest BCUT2D eigenvalue weighted by Crippen LogP contribution is -2.29. The molecule has 18 heavy (non-hydrogen) atoms. The number of hydrogen-bond donors (Lipinski definition) is 2. The van der Waals surface area contributed by atoms with Crippen molar-refractivity contribution in [2.75, 3.05) is 0 Å². The molecule has 0 saturated heterocycles. The van der Waals surface area contributed by atoms with Gasteiger partial charge in [0.15, 0.2) is 0 Å². The second-order valence-electron chi connectivity index (χ2n) is 5.27. The van der Waals surface area contributed by atoms with Crippen molar-refractivity contribution in [3.05, 3.63) is 0 Å². The van der Waals surface area contributed by atoms with Gasteiger partial charge >= 0.3 is 5.97 Å². The summed E-state index contributed by atoms with van der Waals surface area (Å²) in [4.78, 5) is 10.5. The van der Waals surface area contributed by atoms with Gasteiger partial charge in [-0.15, -0.1) is 0 Å². The van der Waals surface area contributed by atoms with Gasteiger partial charge in [-0.05, 0) is 6.42 Å². The van der Waals surface area contributed by atoms with Crippen LogP contribution < -0.4 is 5.73 Å². The molecule has 3 nitrogen and oxygen atoms in total. The first-order valence-corrected chi connectivity index (χ1v) is 7.67. The number of carbonyl (C=O) groups is 1. The van der Waals surface area contributed by atoms with E-state index >= 15 is 0 Å². The Morgan fingerprint density at radius 2 is 1.28 bits per heavy atom. The second-order valence-corrected chi connectivity index (χ2v) is 5.27. The van der Waals surface area contributed by atoms with Crippen molar-refractivity contribution in [1.82, 2.24) is 0 Å². The lowest BCUT2D eigenvalue weighted by atomic mass is 10.0. The topological polar surface area (TPSA) is 63.3 Å². The van der Waals surface area contributed by atoms with Crippen LogP contribution in [0.5, 0.6) is 0 Å². The van der Waals surface area contributed by atoms with E-state index in [1.54, 1.807) is 0 Å². The molecule has 0 radical (unpaired) electrons. The molecule has 0 unspecified atom stereocenters. The van der Waals surface area contributed by atoms with Gasteiger partial charge in [0, 0.05) is 0 Å². The minimum Gasteiger partial charge on any atom is -0.480 e. The molecule has 3 heteroatoms.